The van der Waals surface area contributed by atoms with E-state index in [0.717, 1.165) is 18.4 Å². The summed E-state index contributed by atoms with van der Waals surface area (Å²) in [5, 5.41) is 13.0. The van der Waals surface area contributed by atoms with Gasteiger partial charge in [-0.3, -0.25) is 4.79 Å². The fourth-order valence-corrected chi connectivity index (χ4v) is 2.63. The lowest BCUT2D eigenvalue weighted by Crippen LogP contribution is -2.58. The van der Waals surface area contributed by atoms with E-state index >= 15 is 0 Å². The van der Waals surface area contributed by atoms with Gasteiger partial charge in [0.05, 0.1) is 17.6 Å². The Morgan fingerprint density at radius 1 is 1.14 bits per heavy atom. The molecule has 0 aliphatic heterocycles. The maximum atomic E-state index is 12.2. The number of carbonyl (C=O) groups is 1. The summed E-state index contributed by atoms with van der Waals surface area (Å²) in [4.78, 5) is 12.2. The molecular weight excluding hydrogens is 262 g/mol. The van der Waals surface area contributed by atoms with Gasteiger partial charge in [-0.1, -0.05) is 18.2 Å². The molecule has 0 saturated heterocycles. The topological polar surface area (TPSA) is 49.3 Å². The molecule has 0 spiro atoms. The smallest absolute Gasteiger partial charge is 0.224 e. The molecule has 0 radical (unpaired) electrons. The summed E-state index contributed by atoms with van der Waals surface area (Å²) in [6.07, 6.45) is 5.17. The number of carbonyl (C=O) groups excluding carboxylic acids is 1. The number of nitrogens with one attached hydrogen (secondary N) is 1. The zero-order valence-corrected chi connectivity index (χ0v) is 13.6. The van der Waals surface area contributed by atoms with Crippen molar-refractivity contribution in [3.63, 3.8) is 0 Å². The minimum atomic E-state index is -0.960. The van der Waals surface area contributed by atoms with E-state index < -0.39 is 11.1 Å². The SMILES string of the molecule is CC(C)(O)C(C)(C)NC(=O)Cc1ccc2c(c1)CCCC2. The molecule has 0 aromatic heterocycles. The van der Waals surface area contributed by atoms with Crippen LogP contribution < -0.4 is 5.32 Å². The summed E-state index contributed by atoms with van der Waals surface area (Å²) in [7, 11) is 0. The van der Waals surface area contributed by atoms with Crippen LogP contribution in [0.3, 0.4) is 0 Å². The molecule has 0 heterocycles. The Hall–Kier alpha value is -1.35. The van der Waals surface area contributed by atoms with Gasteiger partial charge in [-0.2, -0.15) is 0 Å². The molecule has 0 unspecified atom stereocenters. The summed E-state index contributed by atoms with van der Waals surface area (Å²) < 4.78 is 0. The van der Waals surface area contributed by atoms with Crippen molar-refractivity contribution >= 4 is 5.91 Å². The largest absolute Gasteiger partial charge is 0.388 e. The highest BCUT2D eigenvalue weighted by Gasteiger charge is 2.36. The Kier molecular flexibility index (Phi) is 4.43. The third-order valence-corrected chi connectivity index (χ3v) is 4.76. The number of benzene rings is 1. The van der Waals surface area contributed by atoms with E-state index in [4.69, 9.17) is 0 Å². The monoisotopic (exact) mass is 289 g/mol. The Bertz CT molecular complexity index is 527. The molecule has 3 heteroatoms. The van der Waals surface area contributed by atoms with Gasteiger partial charge < -0.3 is 10.4 Å². The summed E-state index contributed by atoms with van der Waals surface area (Å²) in [6, 6.07) is 6.39. The standard InChI is InChI=1S/C18H27NO2/c1-17(2,18(3,4)21)19-16(20)12-13-9-10-14-7-5-6-8-15(14)11-13/h9-11,21H,5-8,12H2,1-4H3,(H,19,20). The lowest BCUT2D eigenvalue weighted by molar-refractivity contribution is -0.125. The van der Waals surface area contributed by atoms with E-state index in [1.807, 2.05) is 13.8 Å². The fraction of sp³-hybridized carbons (Fsp3) is 0.611. The van der Waals surface area contributed by atoms with Crippen LogP contribution in [0.5, 0.6) is 0 Å². The number of aryl methyl sites for hydroxylation is 2. The molecule has 1 aromatic rings. The number of hydrogen-bond acceptors (Lipinski definition) is 2. The van der Waals surface area contributed by atoms with Crippen molar-refractivity contribution < 1.29 is 9.90 Å². The van der Waals surface area contributed by atoms with Gasteiger partial charge in [0, 0.05) is 0 Å². The van der Waals surface area contributed by atoms with Gasteiger partial charge >= 0.3 is 0 Å². The van der Waals surface area contributed by atoms with Crippen molar-refractivity contribution in [3.8, 4) is 0 Å². The predicted octanol–water partition coefficient (Wildman–Crippen LogP) is 2.77. The number of fused-ring (bicyclic) bond motifs is 1. The second-order valence-electron chi connectivity index (χ2n) is 7.22. The van der Waals surface area contributed by atoms with Crippen molar-refractivity contribution in [2.24, 2.45) is 0 Å². The molecule has 2 N–H and O–H groups in total. The maximum Gasteiger partial charge on any atom is 0.224 e. The van der Waals surface area contributed by atoms with Gasteiger partial charge in [-0.25, -0.2) is 0 Å². The van der Waals surface area contributed by atoms with Crippen LogP contribution in [0.1, 0.15) is 57.2 Å². The molecule has 1 aliphatic carbocycles. The molecule has 116 valence electrons. The van der Waals surface area contributed by atoms with Gasteiger partial charge in [0.15, 0.2) is 0 Å². The van der Waals surface area contributed by atoms with E-state index in [2.05, 4.69) is 23.5 Å². The second kappa shape index (κ2) is 5.80. The van der Waals surface area contributed by atoms with Crippen LogP contribution in [-0.4, -0.2) is 22.2 Å². The molecular formula is C18H27NO2. The number of amides is 1. The highest BCUT2D eigenvalue weighted by molar-refractivity contribution is 5.79. The van der Waals surface area contributed by atoms with Gasteiger partial charge in [-0.15, -0.1) is 0 Å². The summed E-state index contributed by atoms with van der Waals surface area (Å²) in [5.74, 6) is -0.0436. The zero-order chi connectivity index (χ0) is 15.7. The Balaban J connectivity index is 2.03. The van der Waals surface area contributed by atoms with Crippen LogP contribution in [0.15, 0.2) is 18.2 Å². The van der Waals surface area contributed by atoms with Crippen LogP contribution in [0.2, 0.25) is 0 Å². The molecule has 21 heavy (non-hydrogen) atoms. The van der Waals surface area contributed by atoms with Crippen molar-refractivity contribution in [3.05, 3.63) is 34.9 Å². The lowest BCUT2D eigenvalue weighted by Gasteiger charge is -2.38. The summed E-state index contributed by atoms with van der Waals surface area (Å²) >= 11 is 0. The first kappa shape index (κ1) is 16.0. The Morgan fingerprint density at radius 3 is 2.38 bits per heavy atom. The lowest BCUT2D eigenvalue weighted by atomic mass is 9.85. The zero-order valence-electron chi connectivity index (χ0n) is 13.6. The first-order chi connectivity index (χ1) is 9.69. The molecule has 0 atom stereocenters. The van der Waals surface area contributed by atoms with Crippen LogP contribution in [0, 0.1) is 0 Å². The molecule has 1 aliphatic rings. The third-order valence-electron chi connectivity index (χ3n) is 4.76. The first-order valence-corrected chi connectivity index (χ1v) is 7.83. The van der Waals surface area contributed by atoms with Gasteiger partial charge in [0.25, 0.3) is 0 Å². The van der Waals surface area contributed by atoms with Crippen molar-refractivity contribution in [2.45, 2.75) is 70.9 Å². The van der Waals surface area contributed by atoms with Gasteiger partial charge in [0.2, 0.25) is 5.91 Å². The number of aliphatic hydroxyl groups is 1. The Morgan fingerprint density at radius 2 is 1.76 bits per heavy atom. The van der Waals surface area contributed by atoms with Gasteiger partial charge in [-0.05, 0) is 70.1 Å². The fourth-order valence-electron chi connectivity index (χ4n) is 2.63. The van der Waals surface area contributed by atoms with Crippen LogP contribution in [0.25, 0.3) is 0 Å². The predicted molar refractivity (Wildman–Crippen MR) is 85.3 cm³/mol. The molecule has 0 saturated carbocycles. The molecule has 0 bridgehead atoms. The highest BCUT2D eigenvalue weighted by Crippen LogP contribution is 2.23. The van der Waals surface area contributed by atoms with E-state index in [1.165, 1.54) is 24.0 Å². The minimum absolute atomic E-state index is 0.0436. The van der Waals surface area contributed by atoms with E-state index in [1.54, 1.807) is 13.8 Å². The van der Waals surface area contributed by atoms with Crippen LogP contribution in [0.4, 0.5) is 0 Å². The average Bonchev–Trinajstić information content (AvgIpc) is 2.36. The summed E-state index contributed by atoms with van der Waals surface area (Å²) in [6.45, 7) is 7.12. The molecule has 3 nitrogen and oxygen atoms in total. The van der Waals surface area contributed by atoms with E-state index in [9.17, 15) is 9.90 Å². The Labute approximate surface area is 127 Å². The maximum absolute atomic E-state index is 12.2. The highest BCUT2D eigenvalue weighted by atomic mass is 16.3. The van der Waals surface area contributed by atoms with Crippen LogP contribution >= 0.6 is 0 Å². The van der Waals surface area contributed by atoms with Crippen molar-refractivity contribution in [1.82, 2.24) is 5.32 Å². The molecule has 1 aromatic carbocycles. The summed E-state index contributed by atoms with van der Waals surface area (Å²) in [5.41, 5.74) is 2.27. The molecule has 0 fully saturated rings. The van der Waals surface area contributed by atoms with E-state index in [-0.39, 0.29) is 5.91 Å². The minimum Gasteiger partial charge on any atom is -0.388 e. The second-order valence-corrected chi connectivity index (χ2v) is 7.22. The number of hydrogen-bond donors (Lipinski definition) is 2. The van der Waals surface area contributed by atoms with Crippen molar-refractivity contribution in [1.29, 1.82) is 0 Å². The van der Waals surface area contributed by atoms with Crippen molar-refractivity contribution in [2.75, 3.05) is 0 Å². The first-order valence-electron chi connectivity index (χ1n) is 7.83. The molecule has 2 rings (SSSR count). The van der Waals surface area contributed by atoms with E-state index in [0.29, 0.717) is 6.42 Å². The third kappa shape index (κ3) is 3.85. The van der Waals surface area contributed by atoms with Gasteiger partial charge in [0.1, 0.15) is 0 Å². The molecule has 1 amide bonds. The quantitative estimate of drug-likeness (QED) is 0.895. The normalized spacial score (nSPS) is 15.5. The average molecular weight is 289 g/mol. The van der Waals surface area contributed by atoms with Crippen LogP contribution in [-0.2, 0) is 24.1 Å². The number of rotatable bonds is 4.